The Morgan fingerprint density at radius 3 is 2.69 bits per heavy atom. The Hall–Kier alpha value is -0.610. The molecule has 13 heavy (non-hydrogen) atoms. The van der Waals surface area contributed by atoms with E-state index in [0.29, 0.717) is 26.1 Å². The smallest absolute Gasteiger partial charge is 0.307 e. The summed E-state index contributed by atoms with van der Waals surface area (Å²) in [6.45, 7) is 5.15. The third-order valence-electron chi connectivity index (χ3n) is 1.58. The predicted octanol–water partition coefficient (Wildman–Crippen LogP) is 0.252. The molecule has 4 heteroatoms. The summed E-state index contributed by atoms with van der Waals surface area (Å²) in [6, 6.07) is 0. The summed E-state index contributed by atoms with van der Waals surface area (Å²) >= 11 is 0. The summed E-state index contributed by atoms with van der Waals surface area (Å²) in [5.41, 5.74) is 0. The Bertz CT molecular complexity index is 148. The molecule has 1 atom stereocenters. The lowest BCUT2D eigenvalue weighted by atomic mass is 10.3. The van der Waals surface area contributed by atoms with Crippen LogP contribution in [0.25, 0.3) is 0 Å². The van der Waals surface area contributed by atoms with E-state index in [9.17, 15) is 4.79 Å². The minimum Gasteiger partial charge on any atom is -0.466 e. The first-order chi connectivity index (χ1) is 6.06. The molecule has 0 spiro atoms. The van der Waals surface area contributed by atoms with E-state index in [2.05, 4.69) is 0 Å². The zero-order valence-electron chi connectivity index (χ0n) is 8.62. The number of esters is 1. The van der Waals surface area contributed by atoms with Gasteiger partial charge in [0.1, 0.15) is 0 Å². The minimum atomic E-state index is -0.354. The molecule has 0 aliphatic heterocycles. The van der Waals surface area contributed by atoms with Gasteiger partial charge in [-0.3, -0.25) is 4.79 Å². The van der Waals surface area contributed by atoms with Gasteiger partial charge < -0.3 is 14.7 Å². The Morgan fingerprint density at radius 1 is 1.62 bits per heavy atom. The zero-order valence-corrected chi connectivity index (χ0v) is 8.62. The second-order valence-electron chi connectivity index (χ2n) is 3.17. The first-order valence-corrected chi connectivity index (χ1v) is 4.58. The van der Waals surface area contributed by atoms with E-state index in [0.717, 1.165) is 0 Å². The van der Waals surface area contributed by atoms with Crippen molar-refractivity contribution in [1.29, 1.82) is 0 Å². The highest BCUT2D eigenvalue weighted by atomic mass is 16.5. The summed E-state index contributed by atoms with van der Waals surface area (Å²) in [5.74, 6) is -0.181. The highest BCUT2D eigenvalue weighted by Crippen LogP contribution is 1.92. The van der Waals surface area contributed by atoms with Crippen molar-refractivity contribution in [2.45, 2.75) is 26.4 Å². The van der Waals surface area contributed by atoms with E-state index < -0.39 is 0 Å². The van der Waals surface area contributed by atoms with Crippen molar-refractivity contribution in [2.75, 3.05) is 26.7 Å². The van der Waals surface area contributed by atoms with Crippen LogP contribution in [-0.4, -0.2) is 48.8 Å². The molecule has 0 saturated carbocycles. The lowest BCUT2D eigenvalue weighted by Gasteiger charge is -2.17. The highest BCUT2D eigenvalue weighted by Gasteiger charge is 2.06. The molecular formula is C9H19NO3. The number of carbonyl (C=O) groups is 1. The summed E-state index contributed by atoms with van der Waals surface area (Å²) in [4.78, 5) is 12.8. The van der Waals surface area contributed by atoms with Crippen molar-refractivity contribution in [1.82, 2.24) is 4.90 Å². The number of aliphatic hydroxyl groups is 1. The molecule has 4 nitrogen and oxygen atoms in total. The van der Waals surface area contributed by atoms with Crippen LogP contribution in [0.15, 0.2) is 0 Å². The van der Waals surface area contributed by atoms with Gasteiger partial charge in [0.25, 0.3) is 0 Å². The van der Waals surface area contributed by atoms with Crippen molar-refractivity contribution in [3.05, 3.63) is 0 Å². The Labute approximate surface area is 79.5 Å². The maximum absolute atomic E-state index is 10.9. The Kier molecular flexibility index (Phi) is 6.54. The Balaban J connectivity index is 3.45. The number of likely N-dealkylation sites (N-methyl/N-ethyl adjacent to an activating group) is 1. The van der Waals surface area contributed by atoms with E-state index in [1.165, 1.54) is 0 Å². The van der Waals surface area contributed by atoms with Gasteiger partial charge in [-0.25, -0.2) is 0 Å². The monoisotopic (exact) mass is 189 g/mol. The first-order valence-electron chi connectivity index (χ1n) is 4.58. The maximum atomic E-state index is 10.9. The molecule has 78 valence electrons. The van der Waals surface area contributed by atoms with Crippen LogP contribution in [0.1, 0.15) is 20.3 Å². The summed E-state index contributed by atoms with van der Waals surface area (Å²) in [6.07, 6.45) is 0.0315. The lowest BCUT2D eigenvalue weighted by Crippen LogP contribution is -2.29. The van der Waals surface area contributed by atoms with Crippen LogP contribution in [0.5, 0.6) is 0 Å². The van der Waals surface area contributed by atoms with E-state index in [-0.39, 0.29) is 12.1 Å². The molecule has 0 aromatic carbocycles. The average molecular weight is 189 g/mol. The van der Waals surface area contributed by atoms with Crippen LogP contribution in [0, 0.1) is 0 Å². The molecule has 0 radical (unpaired) electrons. The molecule has 0 heterocycles. The molecule has 0 amide bonds. The van der Waals surface area contributed by atoms with Crippen LogP contribution in [0.4, 0.5) is 0 Å². The molecule has 0 aliphatic carbocycles. The van der Waals surface area contributed by atoms with Crippen molar-refractivity contribution in [2.24, 2.45) is 0 Å². The molecule has 0 bridgehead atoms. The number of rotatable bonds is 6. The second kappa shape index (κ2) is 6.86. The lowest BCUT2D eigenvalue weighted by molar-refractivity contribution is -0.143. The van der Waals surface area contributed by atoms with E-state index >= 15 is 0 Å². The van der Waals surface area contributed by atoms with Gasteiger partial charge in [-0.2, -0.15) is 0 Å². The average Bonchev–Trinajstić information content (AvgIpc) is 2.00. The SMILES string of the molecule is CCOC(=O)CCN(C)CC(C)O. The predicted molar refractivity (Wildman–Crippen MR) is 50.4 cm³/mol. The number of hydrogen-bond donors (Lipinski definition) is 1. The summed E-state index contributed by atoms with van der Waals surface area (Å²) in [5, 5.41) is 9.03. The molecule has 0 aliphatic rings. The van der Waals surface area contributed by atoms with Crippen LogP contribution in [0.3, 0.4) is 0 Å². The fourth-order valence-corrected chi connectivity index (χ4v) is 1.06. The van der Waals surface area contributed by atoms with Crippen LogP contribution >= 0.6 is 0 Å². The molecule has 0 aromatic rings. The van der Waals surface area contributed by atoms with Gasteiger partial charge in [0.2, 0.25) is 0 Å². The molecule has 1 N–H and O–H groups in total. The number of aliphatic hydroxyl groups excluding tert-OH is 1. The molecule has 0 fully saturated rings. The van der Waals surface area contributed by atoms with E-state index in [1.54, 1.807) is 13.8 Å². The summed E-state index contributed by atoms with van der Waals surface area (Å²) < 4.78 is 4.77. The summed E-state index contributed by atoms with van der Waals surface area (Å²) in [7, 11) is 1.87. The van der Waals surface area contributed by atoms with Gasteiger partial charge in [0, 0.05) is 13.1 Å². The number of hydrogen-bond acceptors (Lipinski definition) is 4. The second-order valence-corrected chi connectivity index (χ2v) is 3.17. The van der Waals surface area contributed by atoms with Crippen molar-refractivity contribution < 1.29 is 14.6 Å². The largest absolute Gasteiger partial charge is 0.466 e. The Morgan fingerprint density at radius 2 is 2.23 bits per heavy atom. The van der Waals surface area contributed by atoms with Gasteiger partial charge >= 0.3 is 5.97 Å². The minimum absolute atomic E-state index is 0.181. The quantitative estimate of drug-likeness (QED) is 0.609. The van der Waals surface area contributed by atoms with Gasteiger partial charge in [0.15, 0.2) is 0 Å². The molecular weight excluding hydrogens is 170 g/mol. The van der Waals surface area contributed by atoms with Crippen LogP contribution in [-0.2, 0) is 9.53 Å². The van der Waals surface area contributed by atoms with E-state index in [1.807, 2.05) is 11.9 Å². The van der Waals surface area contributed by atoms with Gasteiger partial charge in [-0.05, 0) is 20.9 Å². The third-order valence-corrected chi connectivity index (χ3v) is 1.58. The molecule has 0 rings (SSSR count). The van der Waals surface area contributed by atoms with Crippen LogP contribution < -0.4 is 0 Å². The fourth-order valence-electron chi connectivity index (χ4n) is 1.06. The van der Waals surface area contributed by atoms with Gasteiger partial charge in [-0.1, -0.05) is 0 Å². The van der Waals surface area contributed by atoms with Gasteiger partial charge in [-0.15, -0.1) is 0 Å². The maximum Gasteiger partial charge on any atom is 0.307 e. The molecule has 0 aromatic heterocycles. The number of nitrogens with zero attached hydrogens (tertiary/aromatic N) is 1. The molecule has 1 unspecified atom stereocenters. The van der Waals surface area contributed by atoms with Crippen molar-refractivity contribution in [3.63, 3.8) is 0 Å². The van der Waals surface area contributed by atoms with Crippen molar-refractivity contribution in [3.8, 4) is 0 Å². The standard InChI is InChI=1S/C9H19NO3/c1-4-13-9(12)5-6-10(3)7-8(2)11/h8,11H,4-7H2,1-3H3. The number of carbonyl (C=O) groups excluding carboxylic acids is 1. The van der Waals surface area contributed by atoms with Crippen LogP contribution in [0.2, 0.25) is 0 Å². The first kappa shape index (κ1) is 12.4. The third kappa shape index (κ3) is 7.74. The zero-order chi connectivity index (χ0) is 10.3. The normalized spacial score (nSPS) is 13.0. The van der Waals surface area contributed by atoms with Crippen molar-refractivity contribution >= 4 is 5.97 Å². The molecule has 0 saturated heterocycles. The topological polar surface area (TPSA) is 49.8 Å². The fraction of sp³-hybridized carbons (Fsp3) is 0.889. The van der Waals surface area contributed by atoms with Gasteiger partial charge in [0.05, 0.1) is 19.1 Å². The van der Waals surface area contributed by atoms with E-state index in [4.69, 9.17) is 9.84 Å². The highest BCUT2D eigenvalue weighted by molar-refractivity contribution is 5.69. The number of ether oxygens (including phenoxy) is 1.